The first-order valence-electron chi connectivity index (χ1n) is 8.78. The highest BCUT2D eigenvalue weighted by atomic mass is 16.5. The maximum atomic E-state index is 12.1. The van der Waals surface area contributed by atoms with Gasteiger partial charge < -0.3 is 15.0 Å². The number of amides is 1. The first-order valence-corrected chi connectivity index (χ1v) is 8.78. The zero-order valence-corrected chi connectivity index (χ0v) is 14.4. The number of fused-ring (bicyclic) bond motifs is 1. The second-order valence-electron chi connectivity index (χ2n) is 7.18. The Hall–Kier alpha value is -1.55. The Morgan fingerprint density at radius 1 is 1.17 bits per heavy atom. The zero-order valence-electron chi connectivity index (χ0n) is 14.4. The summed E-state index contributed by atoms with van der Waals surface area (Å²) in [7, 11) is 4.22. The Morgan fingerprint density at radius 2 is 1.91 bits per heavy atom. The Balaban J connectivity index is 1.48. The fourth-order valence-electron chi connectivity index (χ4n) is 3.92. The number of hydrogen-bond donors (Lipinski definition) is 1. The van der Waals surface area contributed by atoms with Gasteiger partial charge in [-0.3, -0.25) is 4.79 Å². The summed E-state index contributed by atoms with van der Waals surface area (Å²) in [5.74, 6) is 0.780. The average molecular weight is 316 g/mol. The van der Waals surface area contributed by atoms with Gasteiger partial charge in [-0.15, -0.1) is 0 Å². The second kappa shape index (κ2) is 6.91. The Labute approximate surface area is 139 Å². The Morgan fingerprint density at radius 3 is 2.65 bits per heavy atom. The Bertz CT molecular complexity index is 562. The number of hydrogen-bond acceptors (Lipinski definition) is 3. The summed E-state index contributed by atoms with van der Waals surface area (Å²) in [6, 6.07) is 6.21. The van der Waals surface area contributed by atoms with E-state index in [2.05, 4.69) is 36.4 Å². The smallest absolute Gasteiger partial charge is 0.258 e. The molecule has 0 bridgehead atoms. The molecule has 3 rings (SSSR count). The molecule has 0 aromatic heterocycles. The van der Waals surface area contributed by atoms with Crippen LogP contribution in [-0.4, -0.2) is 43.6 Å². The highest BCUT2D eigenvalue weighted by molar-refractivity contribution is 5.77. The lowest BCUT2D eigenvalue weighted by Gasteiger charge is -2.36. The number of carbonyl (C=O) groups excluding carboxylic acids is 1. The van der Waals surface area contributed by atoms with Crippen molar-refractivity contribution in [3.05, 3.63) is 29.3 Å². The number of benzene rings is 1. The molecule has 0 atom stereocenters. The maximum Gasteiger partial charge on any atom is 0.258 e. The molecule has 1 saturated carbocycles. The molecule has 1 fully saturated rings. The van der Waals surface area contributed by atoms with E-state index in [1.54, 1.807) is 0 Å². The van der Waals surface area contributed by atoms with Crippen molar-refractivity contribution >= 4 is 5.91 Å². The molecule has 4 nitrogen and oxygen atoms in total. The van der Waals surface area contributed by atoms with Gasteiger partial charge in [0.15, 0.2) is 6.61 Å². The lowest BCUT2D eigenvalue weighted by atomic mass is 9.96. The van der Waals surface area contributed by atoms with E-state index in [-0.39, 0.29) is 18.1 Å². The fraction of sp³-hybridized carbons (Fsp3) is 0.632. The molecule has 1 amide bonds. The average Bonchev–Trinajstić information content (AvgIpc) is 3.20. The molecule has 0 radical (unpaired) electrons. The lowest BCUT2D eigenvalue weighted by Crippen LogP contribution is -2.51. The van der Waals surface area contributed by atoms with Crippen molar-refractivity contribution in [2.24, 2.45) is 0 Å². The van der Waals surface area contributed by atoms with E-state index in [0.29, 0.717) is 6.54 Å². The van der Waals surface area contributed by atoms with E-state index in [9.17, 15) is 4.79 Å². The van der Waals surface area contributed by atoms with Gasteiger partial charge in [0.05, 0.1) is 0 Å². The van der Waals surface area contributed by atoms with E-state index in [0.717, 1.165) is 25.0 Å². The van der Waals surface area contributed by atoms with Crippen LogP contribution in [0.4, 0.5) is 0 Å². The van der Waals surface area contributed by atoms with Crippen LogP contribution in [0, 0.1) is 0 Å². The van der Waals surface area contributed by atoms with Crippen LogP contribution in [0.1, 0.15) is 43.2 Å². The van der Waals surface area contributed by atoms with Crippen molar-refractivity contribution < 1.29 is 9.53 Å². The number of carbonyl (C=O) groups is 1. The van der Waals surface area contributed by atoms with E-state index in [4.69, 9.17) is 4.74 Å². The van der Waals surface area contributed by atoms with Gasteiger partial charge in [0, 0.05) is 12.1 Å². The predicted molar refractivity (Wildman–Crippen MR) is 91.9 cm³/mol. The van der Waals surface area contributed by atoms with Crippen LogP contribution >= 0.6 is 0 Å². The summed E-state index contributed by atoms with van der Waals surface area (Å²) in [6.45, 7) is 0.814. The largest absolute Gasteiger partial charge is 0.484 e. The van der Waals surface area contributed by atoms with Gasteiger partial charge in [-0.05, 0) is 69.5 Å². The van der Waals surface area contributed by atoms with Gasteiger partial charge in [-0.1, -0.05) is 18.9 Å². The van der Waals surface area contributed by atoms with Crippen LogP contribution < -0.4 is 10.1 Å². The summed E-state index contributed by atoms with van der Waals surface area (Å²) in [5, 5.41) is 3.06. The molecule has 2 aliphatic rings. The molecule has 2 aliphatic carbocycles. The molecule has 1 N–H and O–H groups in total. The monoisotopic (exact) mass is 316 g/mol. The third-order valence-corrected chi connectivity index (χ3v) is 5.54. The molecule has 0 heterocycles. The van der Waals surface area contributed by atoms with E-state index in [1.807, 2.05) is 6.07 Å². The topological polar surface area (TPSA) is 41.6 Å². The quantitative estimate of drug-likeness (QED) is 0.877. The molecule has 0 spiro atoms. The van der Waals surface area contributed by atoms with Crippen LogP contribution in [0.3, 0.4) is 0 Å². The molecule has 1 aromatic rings. The van der Waals surface area contributed by atoms with Crippen molar-refractivity contribution in [2.45, 2.75) is 50.5 Å². The number of ether oxygens (including phenoxy) is 1. The molecular weight excluding hydrogens is 288 g/mol. The van der Waals surface area contributed by atoms with Crippen LogP contribution in [0.15, 0.2) is 18.2 Å². The van der Waals surface area contributed by atoms with Crippen molar-refractivity contribution in [1.29, 1.82) is 0 Å². The third kappa shape index (κ3) is 3.69. The van der Waals surface area contributed by atoms with Gasteiger partial charge >= 0.3 is 0 Å². The molecule has 126 valence electrons. The van der Waals surface area contributed by atoms with E-state index in [1.165, 1.54) is 36.8 Å². The third-order valence-electron chi connectivity index (χ3n) is 5.54. The zero-order chi connectivity index (χ0) is 16.3. The summed E-state index contributed by atoms with van der Waals surface area (Å²) < 4.78 is 5.68. The van der Waals surface area contributed by atoms with Crippen LogP contribution in [-0.2, 0) is 17.6 Å². The van der Waals surface area contributed by atoms with Crippen LogP contribution in [0.2, 0.25) is 0 Å². The Kier molecular flexibility index (Phi) is 4.90. The van der Waals surface area contributed by atoms with Gasteiger partial charge in [0.1, 0.15) is 5.75 Å². The summed E-state index contributed by atoms with van der Waals surface area (Å²) in [5.41, 5.74) is 2.93. The highest BCUT2D eigenvalue weighted by Crippen LogP contribution is 2.33. The summed E-state index contributed by atoms with van der Waals surface area (Å²) >= 11 is 0. The minimum atomic E-state index is -0.0291. The van der Waals surface area contributed by atoms with Gasteiger partial charge in [-0.25, -0.2) is 0 Å². The highest BCUT2D eigenvalue weighted by Gasteiger charge is 2.36. The number of rotatable bonds is 6. The fourth-order valence-corrected chi connectivity index (χ4v) is 3.92. The normalized spacial score (nSPS) is 18.9. The molecule has 1 aromatic carbocycles. The molecule has 4 heteroatoms. The lowest BCUT2D eigenvalue weighted by molar-refractivity contribution is -0.123. The molecular formula is C19H28N2O2. The minimum Gasteiger partial charge on any atom is -0.484 e. The van der Waals surface area contributed by atoms with Crippen molar-refractivity contribution in [3.8, 4) is 5.75 Å². The SMILES string of the molecule is CN(C)C1(CNC(=O)COc2ccc3c(c2)CCC3)CCCC1. The molecule has 23 heavy (non-hydrogen) atoms. The maximum absolute atomic E-state index is 12.1. The summed E-state index contributed by atoms with van der Waals surface area (Å²) in [6.07, 6.45) is 8.34. The van der Waals surface area contributed by atoms with E-state index < -0.39 is 0 Å². The summed E-state index contributed by atoms with van der Waals surface area (Å²) in [4.78, 5) is 14.4. The number of likely N-dealkylation sites (N-methyl/N-ethyl adjacent to an activating group) is 1. The predicted octanol–water partition coefficient (Wildman–Crippen LogP) is 2.54. The van der Waals surface area contributed by atoms with Crippen molar-refractivity contribution in [1.82, 2.24) is 10.2 Å². The van der Waals surface area contributed by atoms with Gasteiger partial charge in [0.25, 0.3) is 5.91 Å². The van der Waals surface area contributed by atoms with Crippen LogP contribution in [0.5, 0.6) is 5.75 Å². The number of nitrogens with one attached hydrogen (secondary N) is 1. The molecule has 0 saturated heterocycles. The van der Waals surface area contributed by atoms with Gasteiger partial charge in [-0.2, -0.15) is 0 Å². The number of nitrogens with zero attached hydrogens (tertiary/aromatic N) is 1. The first kappa shape index (κ1) is 16.3. The van der Waals surface area contributed by atoms with Gasteiger partial charge in [0.2, 0.25) is 0 Å². The van der Waals surface area contributed by atoms with E-state index >= 15 is 0 Å². The standard InChI is InChI=1S/C19H28N2O2/c1-21(2)19(10-3-4-11-19)14-20-18(22)13-23-17-9-8-15-6-5-7-16(15)12-17/h8-9,12H,3-7,10-11,13-14H2,1-2H3,(H,20,22). The van der Waals surface area contributed by atoms with Crippen LogP contribution in [0.25, 0.3) is 0 Å². The molecule has 0 unspecified atom stereocenters. The molecule has 0 aliphatic heterocycles. The van der Waals surface area contributed by atoms with Crippen molar-refractivity contribution in [2.75, 3.05) is 27.2 Å². The van der Waals surface area contributed by atoms with Crippen molar-refractivity contribution in [3.63, 3.8) is 0 Å². The minimum absolute atomic E-state index is 0.0291. The number of aryl methyl sites for hydroxylation is 2. The second-order valence-corrected chi connectivity index (χ2v) is 7.18. The first-order chi connectivity index (χ1) is 11.1.